The van der Waals surface area contributed by atoms with E-state index in [0.29, 0.717) is 18.3 Å². The van der Waals surface area contributed by atoms with Crippen molar-refractivity contribution in [2.24, 2.45) is 5.73 Å². The molecule has 2 aromatic rings. The molecule has 0 amide bonds. The smallest absolute Gasteiger partial charge is 0.240 e. The first kappa shape index (κ1) is 14.8. The average Bonchev–Trinajstić information content (AvgIpc) is 3.03. The fraction of sp³-hybridized carbons (Fsp3) is 0.467. The normalized spacial score (nSPS) is 16.0. The van der Waals surface area contributed by atoms with E-state index in [4.69, 9.17) is 15.0 Å². The summed E-state index contributed by atoms with van der Waals surface area (Å²) in [6.45, 7) is 4.85. The van der Waals surface area contributed by atoms with E-state index in [1.165, 1.54) is 5.69 Å². The van der Waals surface area contributed by atoms with E-state index < -0.39 is 0 Å². The molecular formula is C15H21N5O2. The van der Waals surface area contributed by atoms with E-state index in [1.807, 2.05) is 12.1 Å². The zero-order valence-corrected chi connectivity index (χ0v) is 12.7. The van der Waals surface area contributed by atoms with Crippen molar-refractivity contribution >= 4 is 5.69 Å². The van der Waals surface area contributed by atoms with Crippen LogP contribution in [0, 0.1) is 0 Å². The van der Waals surface area contributed by atoms with Gasteiger partial charge in [0.25, 0.3) is 0 Å². The molecule has 2 heterocycles. The molecule has 1 fully saturated rings. The second-order valence-corrected chi connectivity index (χ2v) is 5.27. The molecule has 3 rings (SSSR count). The lowest BCUT2D eigenvalue weighted by molar-refractivity contribution is 0.240. The standard InChI is InChI=1S/C15H21N5O2/c1-21-13-4-2-3-12(9-13)20-7-5-19(6-8-20)11-14-17-15(10-16)22-18-14/h2-4,9H,5-8,10-11,16H2,1H3. The minimum atomic E-state index is 0.288. The van der Waals surface area contributed by atoms with Gasteiger partial charge in [-0.25, -0.2) is 0 Å². The van der Waals surface area contributed by atoms with Crippen LogP contribution in [0.1, 0.15) is 11.7 Å². The van der Waals surface area contributed by atoms with Gasteiger partial charge in [-0.15, -0.1) is 0 Å². The number of ether oxygens (including phenoxy) is 1. The van der Waals surface area contributed by atoms with Crippen molar-refractivity contribution in [3.63, 3.8) is 0 Å². The Hall–Kier alpha value is -2.12. The minimum Gasteiger partial charge on any atom is -0.497 e. The molecule has 1 saturated heterocycles. The van der Waals surface area contributed by atoms with Crippen LogP contribution >= 0.6 is 0 Å². The molecule has 1 aromatic carbocycles. The Morgan fingerprint density at radius 1 is 1.27 bits per heavy atom. The molecule has 1 aliphatic heterocycles. The molecule has 22 heavy (non-hydrogen) atoms. The van der Waals surface area contributed by atoms with Gasteiger partial charge in [-0.3, -0.25) is 4.90 Å². The summed E-state index contributed by atoms with van der Waals surface area (Å²) in [5, 5.41) is 3.94. The van der Waals surface area contributed by atoms with Crippen LogP contribution in [0.5, 0.6) is 5.75 Å². The fourth-order valence-corrected chi connectivity index (χ4v) is 2.61. The number of hydrogen-bond acceptors (Lipinski definition) is 7. The predicted octanol–water partition coefficient (Wildman–Crippen LogP) is 0.859. The molecule has 2 N–H and O–H groups in total. The summed E-state index contributed by atoms with van der Waals surface area (Å²) in [6, 6.07) is 8.17. The first-order chi connectivity index (χ1) is 10.8. The van der Waals surface area contributed by atoms with Crippen LogP contribution in [-0.2, 0) is 13.1 Å². The fourth-order valence-electron chi connectivity index (χ4n) is 2.61. The SMILES string of the molecule is COc1cccc(N2CCN(Cc3noc(CN)n3)CC2)c1. The summed E-state index contributed by atoms with van der Waals surface area (Å²) in [4.78, 5) is 8.93. The summed E-state index contributed by atoms with van der Waals surface area (Å²) in [7, 11) is 1.69. The molecule has 118 valence electrons. The number of nitrogens with zero attached hydrogens (tertiary/aromatic N) is 4. The average molecular weight is 303 g/mol. The number of hydrogen-bond donors (Lipinski definition) is 1. The van der Waals surface area contributed by atoms with Gasteiger partial charge < -0.3 is 19.9 Å². The minimum absolute atomic E-state index is 0.288. The van der Waals surface area contributed by atoms with Crippen molar-refractivity contribution in [1.29, 1.82) is 0 Å². The summed E-state index contributed by atoms with van der Waals surface area (Å²) >= 11 is 0. The van der Waals surface area contributed by atoms with Crippen LogP contribution in [0.25, 0.3) is 0 Å². The van der Waals surface area contributed by atoms with Gasteiger partial charge in [-0.1, -0.05) is 11.2 Å². The Labute approximate surface area is 129 Å². The number of benzene rings is 1. The molecule has 1 aromatic heterocycles. The summed E-state index contributed by atoms with van der Waals surface area (Å²) in [6.07, 6.45) is 0. The topological polar surface area (TPSA) is 80.7 Å². The number of nitrogens with two attached hydrogens (primary N) is 1. The lowest BCUT2D eigenvalue weighted by Gasteiger charge is -2.35. The molecule has 0 radical (unpaired) electrons. The van der Waals surface area contributed by atoms with Crippen molar-refractivity contribution in [2.45, 2.75) is 13.1 Å². The molecule has 0 aliphatic carbocycles. The van der Waals surface area contributed by atoms with Gasteiger partial charge in [-0.05, 0) is 12.1 Å². The van der Waals surface area contributed by atoms with Gasteiger partial charge in [0, 0.05) is 37.9 Å². The number of anilines is 1. The maximum Gasteiger partial charge on any atom is 0.240 e. The van der Waals surface area contributed by atoms with Crippen LogP contribution < -0.4 is 15.4 Å². The predicted molar refractivity (Wildman–Crippen MR) is 82.7 cm³/mol. The Kier molecular flexibility index (Phi) is 4.55. The number of rotatable bonds is 5. The third-order valence-corrected chi connectivity index (χ3v) is 3.84. The van der Waals surface area contributed by atoms with E-state index >= 15 is 0 Å². The molecule has 7 nitrogen and oxygen atoms in total. The van der Waals surface area contributed by atoms with Crippen molar-refractivity contribution in [2.75, 3.05) is 38.2 Å². The van der Waals surface area contributed by atoms with Crippen LogP contribution in [0.15, 0.2) is 28.8 Å². The van der Waals surface area contributed by atoms with Crippen molar-refractivity contribution in [3.8, 4) is 5.75 Å². The number of piperazine rings is 1. The van der Waals surface area contributed by atoms with Gasteiger partial charge >= 0.3 is 0 Å². The molecule has 1 aliphatic rings. The lowest BCUT2D eigenvalue weighted by atomic mass is 10.2. The van der Waals surface area contributed by atoms with Crippen LogP contribution in [0.4, 0.5) is 5.69 Å². The van der Waals surface area contributed by atoms with Crippen LogP contribution in [0.2, 0.25) is 0 Å². The van der Waals surface area contributed by atoms with E-state index in [1.54, 1.807) is 7.11 Å². The highest BCUT2D eigenvalue weighted by molar-refractivity contribution is 5.51. The Balaban J connectivity index is 1.55. The number of aromatic nitrogens is 2. The summed E-state index contributed by atoms with van der Waals surface area (Å²) < 4.78 is 10.3. The van der Waals surface area contributed by atoms with Gasteiger partial charge in [0.15, 0.2) is 5.82 Å². The zero-order valence-electron chi connectivity index (χ0n) is 12.7. The monoisotopic (exact) mass is 303 g/mol. The van der Waals surface area contributed by atoms with Gasteiger partial charge in [0.1, 0.15) is 5.75 Å². The molecule has 0 saturated carbocycles. The van der Waals surface area contributed by atoms with Crippen molar-refractivity contribution in [1.82, 2.24) is 15.0 Å². The molecule has 0 bridgehead atoms. The van der Waals surface area contributed by atoms with E-state index in [2.05, 4.69) is 32.1 Å². The third kappa shape index (κ3) is 3.37. The third-order valence-electron chi connectivity index (χ3n) is 3.84. The number of methoxy groups -OCH3 is 1. The lowest BCUT2D eigenvalue weighted by Crippen LogP contribution is -2.46. The Morgan fingerprint density at radius 3 is 2.77 bits per heavy atom. The largest absolute Gasteiger partial charge is 0.497 e. The molecule has 7 heteroatoms. The first-order valence-corrected chi connectivity index (χ1v) is 7.41. The summed E-state index contributed by atoms with van der Waals surface area (Å²) in [5.74, 6) is 2.08. The molecule has 0 spiro atoms. The molecule has 0 unspecified atom stereocenters. The maximum absolute atomic E-state index is 5.48. The highest BCUT2D eigenvalue weighted by atomic mass is 16.5. The van der Waals surface area contributed by atoms with E-state index in [0.717, 1.165) is 31.9 Å². The van der Waals surface area contributed by atoms with Crippen molar-refractivity contribution in [3.05, 3.63) is 36.0 Å². The first-order valence-electron chi connectivity index (χ1n) is 7.41. The highest BCUT2D eigenvalue weighted by Crippen LogP contribution is 2.22. The second kappa shape index (κ2) is 6.76. The zero-order chi connectivity index (χ0) is 15.4. The second-order valence-electron chi connectivity index (χ2n) is 5.27. The molecule has 0 atom stereocenters. The quantitative estimate of drug-likeness (QED) is 0.877. The van der Waals surface area contributed by atoms with Crippen LogP contribution in [0.3, 0.4) is 0 Å². The van der Waals surface area contributed by atoms with Gasteiger partial charge in [0.2, 0.25) is 5.89 Å². The molecular weight excluding hydrogens is 282 g/mol. The maximum atomic E-state index is 5.48. The van der Waals surface area contributed by atoms with Gasteiger partial charge in [0.05, 0.1) is 20.2 Å². The van der Waals surface area contributed by atoms with E-state index in [9.17, 15) is 0 Å². The van der Waals surface area contributed by atoms with Crippen molar-refractivity contribution < 1.29 is 9.26 Å². The van der Waals surface area contributed by atoms with E-state index in [-0.39, 0.29) is 6.54 Å². The van der Waals surface area contributed by atoms with Crippen LogP contribution in [-0.4, -0.2) is 48.3 Å². The highest BCUT2D eigenvalue weighted by Gasteiger charge is 2.19. The van der Waals surface area contributed by atoms with Gasteiger partial charge in [-0.2, -0.15) is 4.98 Å². The summed E-state index contributed by atoms with van der Waals surface area (Å²) in [5.41, 5.74) is 6.67. The Morgan fingerprint density at radius 2 is 2.09 bits per heavy atom. The Bertz CT molecular complexity index is 607.